The molecule has 16 heavy (non-hydrogen) atoms. The summed E-state index contributed by atoms with van der Waals surface area (Å²) in [7, 11) is -3.58. The van der Waals surface area contributed by atoms with E-state index < -0.39 is 15.0 Å². The summed E-state index contributed by atoms with van der Waals surface area (Å²) in [4.78, 5) is 10.0. The number of nitrogens with zero attached hydrogens (tertiary/aromatic N) is 1. The Hall–Kier alpha value is -1.47. The van der Waals surface area contributed by atoms with Crippen molar-refractivity contribution in [1.29, 1.82) is 0 Å². The fourth-order valence-corrected chi connectivity index (χ4v) is 1.52. The number of hydrogen-bond donors (Lipinski definition) is 0. The number of para-hydroxylation sites is 1. The molecule has 0 spiro atoms. The van der Waals surface area contributed by atoms with Crippen LogP contribution in [0.15, 0.2) is 24.3 Å². The van der Waals surface area contributed by atoms with Crippen molar-refractivity contribution in [3.63, 3.8) is 0 Å². The molecule has 0 saturated heterocycles. The maximum absolute atomic E-state index is 11.1. The van der Waals surface area contributed by atoms with Gasteiger partial charge in [0.05, 0.1) is 22.8 Å². The molecule has 7 heteroatoms. The summed E-state index contributed by atoms with van der Waals surface area (Å²) in [6.07, 6.45) is 0. The van der Waals surface area contributed by atoms with Crippen LogP contribution in [-0.4, -0.2) is 19.1 Å². The lowest BCUT2D eigenvalue weighted by atomic mass is 10.2. The fourth-order valence-electron chi connectivity index (χ4n) is 1.05. The summed E-state index contributed by atoms with van der Waals surface area (Å²) in [6.45, 7) is 1.13. The lowest BCUT2D eigenvalue weighted by molar-refractivity contribution is -0.385. The van der Waals surface area contributed by atoms with Crippen LogP contribution in [0.3, 0.4) is 0 Å². The molecule has 0 amide bonds. The summed E-state index contributed by atoms with van der Waals surface area (Å²) in [5.41, 5.74) is 0.0957. The Morgan fingerprint density at radius 3 is 2.56 bits per heavy atom. The Bertz CT molecular complexity index is 482. The standard InChI is InChI=1S/C9H11NO5S/c1-2-16(13,14)15-7-8-5-3-4-6-9(8)10(11)12/h3-6H,2,7H2,1H3. The third-order valence-corrected chi connectivity index (χ3v) is 3.12. The van der Waals surface area contributed by atoms with Crippen molar-refractivity contribution < 1.29 is 17.5 Å². The minimum Gasteiger partial charge on any atom is -0.265 e. The molecule has 0 saturated carbocycles. The van der Waals surface area contributed by atoms with Crippen molar-refractivity contribution in [2.24, 2.45) is 0 Å². The molecule has 0 radical (unpaired) electrons. The van der Waals surface area contributed by atoms with E-state index in [0.29, 0.717) is 0 Å². The summed E-state index contributed by atoms with van der Waals surface area (Å²) < 4.78 is 26.7. The third kappa shape index (κ3) is 3.28. The molecular formula is C9H11NO5S. The predicted octanol–water partition coefficient (Wildman–Crippen LogP) is 1.46. The zero-order chi connectivity index (χ0) is 12.2. The molecule has 0 aliphatic heterocycles. The molecule has 1 rings (SSSR count). The van der Waals surface area contributed by atoms with Gasteiger partial charge in [0.2, 0.25) is 0 Å². The fraction of sp³-hybridized carbons (Fsp3) is 0.333. The Morgan fingerprint density at radius 1 is 1.38 bits per heavy atom. The Kier molecular flexibility index (Phi) is 3.97. The van der Waals surface area contributed by atoms with E-state index in [0.717, 1.165) is 0 Å². The lowest BCUT2D eigenvalue weighted by Gasteiger charge is -2.03. The van der Waals surface area contributed by atoms with Crippen LogP contribution in [0.5, 0.6) is 0 Å². The first-order chi connectivity index (χ1) is 7.46. The molecule has 0 bridgehead atoms. The molecule has 0 atom stereocenters. The smallest absolute Gasteiger partial charge is 0.265 e. The van der Waals surface area contributed by atoms with Gasteiger partial charge in [0.15, 0.2) is 0 Å². The topological polar surface area (TPSA) is 86.5 Å². The van der Waals surface area contributed by atoms with Gasteiger partial charge in [0.1, 0.15) is 0 Å². The van der Waals surface area contributed by atoms with Gasteiger partial charge in [-0.3, -0.25) is 14.3 Å². The lowest BCUT2D eigenvalue weighted by Crippen LogP contribution is -2.08. The van der Waals surface area contributed by atoms with Gasteiger partial charge in [0, 0.05) is 6.07 Å². The zero-order valence-electron chi connectivity index (χ0n) is 8.62. The van der Waals surface area contributed by atoms with Gasteiger partial charge >= 0.3 is 0 Å². The second kappa shape index (κ2) is 5.04. The van der Waals surface area contributed by atoms with Gasteiger partial charge in [-0.05, 0) is 13.0 Å². The van der Waals surface area contributed by atoms with Crippen LogP contribution in [0.2, 0.25) is 0 Å². The van der Waals surface area contributed by atoms with Gasteiger partial charge in [0.25, 0.3) is 15.8 Å². The highest BCUT2D eigenvalue weighted by Crippen LogP contribution is 2.19. The largest absolute Gasteiger partial charge is 0.274 e. The van der Waals surface area contributed by atoms with Crippen molar-refractivity contribution in [2.75, 3.05) is 5.75 Å². The van der Waals surface area contributed by atoms with Crippen molar-refractivity contribution in [1.82, 2.24) is 0 Å². The second-order valence-corrected chi connectivity index (χ2v) is 4.92. The first-order valence-electron chi connectivity index (χ1n) is 4.55. The van der Waals surface area contributed by atoms with Crippen LogP contribution >= 0.6 is 0 Å². The first kappa shape index (κ1) is 12.6. The molecule has 88 valence electrons. The van der Waals surface area contributed by atoms with Gasteiger partial charge in [-0.2, -0.15) is 8.42 Å². The van der Waals surface area contributed by atoms with E-state index in [4.69, 9.17) is 0 Å². The van der Waals surface area contributed by atoms with Crippen LogP contribution in [0.1, 0.15) is 12.5 Å². The number of benzene rings is 1. The third-order valence-electron chi connectivity index (χ3n) is 1.94. The number of nitro benzene ring substituents is 1. The Balaban J connectivity index is 2.86. The highest BCUT2D eigenvalue weighted by molar-refractivity contribution is 7.86. The van der Waals surface area contributed by atoms with Crippen LogP contribution in [0.4, 0.5) is 5.69 Å². The molecule has 0 fully saturated rings. The minimum absolute atomic E-state index is 0.145. The van der Waals surface area contributed by atoms with Crippen LogP contribution in [0.25, 0.3) is 0 Å². The van der Waals surface area contributed by atoms with Crippen LogP contribution in [0, 0.1) is 10.1 Å². The predicted molar refractivity (Wildman–Crippen MR) is 57.3 cm³/mol. The molecule has 0 unspecified atom stereocenters. The SMILES string of the molecule is CCS(=O)(=O)OCc1ccccc1[N+](=O)[O-]. The maximum atomic E-state index is 11.1. The highest BCUT2D eigenvalue weighted by atomic mass is 32.2. The average Bonchev–Trinajstić information content (AvgIpc) is 2.27. The van der Waals surface area contributed by atoms with Crippen LogP contribution < -0.4 is 0 Å². The normalized spacial score (nSPS) is 11.3. The first-order valence-corrected chi connectivity index (χ1v) is 6.13. The second-order valence-electron chi connectivity index (χ2n) is 2.99. The maximum Gasteiger partial charge on any atom is 0.274 e. The van der Waals surface area contributed by atoms with Gasteiger partial charge < -0.3 is 0 Å². The van der Waals surface area contributed by atoms with Crippen molar-refractivity contribution in [3.05, 3.63) is 39.9 Å². The van der Waals surface area contributed by atoms with E-state index in [9.17, 15) is 18.5 Å². The number of nitro groups is 1. The molecule has 0 aromatic heterocycles. The quantitative estimate of drug-likeness (QED) is 0.445. The molecule has 0 N–H and O–H groups in total. The monoisotopic (exact) mass is 245 g/mol. The molecular weight excluding hydrogens is 234 g/mol. The molecule has 0 aliphatic carbocycles. The Labute approximate surface area is 93.1 Å². The van der Waals surface area contributed by atoms with Gasteiger partial charge in [-0.15, -0.1) is 0 Å². The van der Waals surface area contributed by atoms with E-state index in [1.165, 1.54) is 25.1 Å². The van der Waals surface area contributed by atoms with Crippen molar-refractivity contribution >= 4 is 15.8 Å². The van der Waals surface area contributed by atoms with Gasteiger partial charge in [-0.1, -0.05) is 12.1 Å². The highest BCUT2D eigenvalue weighted by Gasteiger charge is 2.15. The minimum atomic E-state index is -3.58. The molecule has 1 aromatic carbocycles. The molecule has 1 aromatic rings. The van der Waals surface area contributed by atoms with E-state index in [1.807, 2.05) is 0 Å². The van der Waals surface area contributed by atoms with Crippen molar-refractivity contribution in [3.8, 4) is 0 Å². The average molecular weight is 245 g/mol. The number of hydrogen-bond acceptors (Lipinski definition) is 5. The molecule has 0 aliphatic rings. The molecule has 6 nitrogen and oxygen atoms in total. The summed E-state index contributed by atoms with van der Waals surface area (Å²) in [6, 6.07) is 5.86. The summed E-state index contributed by atoms with van der Waals surface area (Å²) in [5.74, 6) is -0.159. The van der Waals surface area contributed by atoms with Gasteiger partial charge in [-0.25, -0.2) is 0 Å². The van der Waals surface area contributed by atoms with E-state index in [2.05, 4.69) is 4.18 Å². The van der Waals surface area contributed by atoms with Crippen LogP contribution in [-0.2, 0) is 20.9 Å². The zero-order valence-corrected chi connectivity index (χ0v) is 9.44. The number of rotatable bonds is 5. The summed E-state index contributed by atoms with van der Waals surface area (Å²) in [5, 5.41) is 10.6. The molecule has 0 heterocycles. The van der Waals surface area contributed by atoms with E-state index in [-0.39, 0.29) is 23.6 Å². The van der Waals surface area contributed by atoms with Crippen molar-refractivity contribution in [2.45, 2.75) is 13.5 Å². The summed E-state index contributed by atoms with van der Waals surface area (Å²) >= 11 is 0. The van der Waals surface area contributed by atoms with E-state index in [1.54, 1.807) is 6.07 Å². The van der Waals surface area contributed by atoms with E-state index >= 15 is 0 Å². The Morgan fingerprint density at radius 2 is 2.00 bits per heavy atom.